The van der Waals surface area contributed by atoms with Crippen molar-refractivity contribution >= 4 is 21.6 Å². The normalized spacial score (nSPS) is 11.2. The summed E-state index contributed by atoms with van der Waals surface area (Å²) in [4.78, 5) is 25.6. The Hall–Kier alpha value is -1.44. The molecule has 2 rings (SSSR count). The maximum atomic E-state index is 11.7. The van der Waals surface area contributed by atoms with Crippen LogP contribution in [0.2, 0.25) is 0 Å². The molecular weight excluding hydrogens is 254 g/mol. The summed E-state index contributed by atoms with van der Waals surface area (Å²) in [5, 5.41) is 4.97. The molecule has 2 heterocycles. The van der Waals surface area contributed by atoms with Crippen molar-refractivity contribution in [3.63, 3.8) is 0 Å². The first-order valence-corrected chi connectivity index (χ1v) is 6.52. The van der Waals surface area contributed by atoms with E-state index in [-0.39, 0.29) is 11.2 Å². The van der Waals surface area contributed by atoms with Crippen LogP contribution in [-0.2, 0) is 11.3 Å². The van der Waals surface area contributed by atoms with E-state index in [4.69, 9.17) is 4.74 Å². The molecule has 0 fully saturated rings. The summed E-state index contributed by atoms with van der Waals surface area (Å²) in [6, 6.07) is 1.80. The smallest absolute Gasteiger partial charge is 0.328 e. The first-order chi connectivity index (χ1) is 8.74. The van der Waals surface area contributed by atoms with Gasteiger partial charge >= 0.3 is 5.69 Å². The van der Waals surface area contributed by atoms with Gasteiger partial charge in [-0.05, 0) is 11.4 Å². The molecule has 0 amide bonds. The van der Waals surface area contributed by atoms with Crippen molar-refractivity contribution in [3.8, 4) is 0 Å². The van der Waals surface area contributed by atoms with Gasteiger partial charge in [0.1, 0.15) is 4.70 Å². The minimum absolute atomic E-state index is 0.311. The van der Waals surface area contributed by atoms with Crippen LogP contribution in [-0.4, -0.2) is 36.4 Å². The quantitative estimate of drug-likeness (QED) is 0.723. The Balaban J connectivity index is 2.15. The van der Waals surface area contributed by atoms with E-state index in [0.717, 1.165) is 6.54 Å². The van der Waals surface area contributed by atoms with E-state index >= 15 is 0 Å². The van der Waals surface area contributed by atoms with E-state index in [1.165, 1.54) is 11.3 Å². The lowest BCUT2D eigenvalue weighted by Crippen LogP contribution is -2.33. The van der Waals surface area contributed by atoms with Gasteiger partial charge in [0.25, 0.3) is 5.56 Å². The van der Waals surface area contributed by atoms with Gasteiger partial charge in [0.15, 0.2) is 0 Å². The number of H-pyrrole nitrogens is 1. The topological polar surface area (TPSA) is 76.1 Å². The van der Waals surface area contributed by atoms with E-state index in [1.54, 1.807) is 17.7 Å². The number of aromatic amines is 1. The fraction of sp³-hybridized carbons (Fsp3) is 0.455. The lowest BCUT2D eigenvalue weighted by molar-refractivity contribution is 0.199. The number of aromatic nitrogens is 2. The Kier molecular flexibility index (Phi) is 4.29. The molecule has 0 bridgehead atoms. The molecule has 18 heavy (non-hydrogen) atoms. The average Bonchev–Trinajstić information content (AvgIpc) is 2.82. The van der Waals surface area contributed by atoms with Crippen molar-refractivity contribution < 1.29 is 4.74 Å². The highest BCUT2D eigenvalue weighted by Crippen LogP contribution is 2.13. The maximum Gasteiger partial charge on any atom is 0.328 e. The Bertz CT molecular complexity index is 628. The molecule has 0 aliphatic heterocycles. The molecule has 0 aliphatic carbocycles. The minimum atomic E-state index is -0.362. The molecule has 0 unspecified atom stereocenters. The first-order valence-electron chi connectivity index (χ1n) is 5.64. The predicted octanol–water partition coefficient (Wildman–Crippen LogP) is -0.0127. The van der Waals surface area contributed by atoms with Crippen LogP contribution < -0.4 is 16.6 Å². The van der Waals surface area contributed by atoms with E-state index < -0.39 is 0 Å². The maximum absolute atomic E-state index is 11.7. The third kappa shape index (κ3) is 2.69. The second-order valence-electron chi connectivity index (χ2n) is 3.79. The Morgan fingerprint density at radius 2 is 2.28 bits per heavy atom. The highest BCUT2D eigenvalue weighted by Gasteiger charge is 2.07. The second-order valence-corrected chi connectivity index (χ2v) is 4.70. The van der Waals surface area contributed by atoms with Gasteiger partial charge in [-0.25, -0.2) is 4.79 Å². The minimum Gasteiger partial charge on any atom is -0.383 e. The molecule has 98 valence electrons. The molecule has 2 N–H and O–H groups in total. The van der Waals surface area contributed by atoms with Crippen molar-refractivity contribution in [2.75, 3.05) is 26.8 Å². The molecule has 2 aromatic rings. The molecule has 0 spiro atoms. The largest absolute Gasteiger partial charge is 0.383 e. The molecule has 6 nitrogen and oxygen atoms in total. The number of fused-ring (bicyclic) bond motifs is 1. The summed E-state index contributed by atoms with van der Waals surface area (Å²) in [5.74, 6) is 0. The van der Waals surface area contributed by atoms with Gasteiger partial charge in [-0.15, -0.1) is 11.3 Å². The lowest BCUT2D eigenvalue weighted by Gasteiger charge is -2.07. The summed E-state index contributed by atoms with van der Waals surface area (Å²) >= 11 is 1.34. The van der Waals surface area contributed by atoms with E-state index in [2.05, 4.69) is 10.3 Å². The standard InChI is InChI=1S/C11H15N3O3S/c1-17-6-4-12-3-5-14-8-2-7-18-9(8)10(15)13-11(14)16/h2,7,12H,3-6H2,1H3,(H,13,15,16). The van der Waals surface area contributed by atoms with Gasteiger partial charge in [0.05, 0.1) is 12.1 Å². The van der Waals surface area contributed by atoms with Crippen molar-refractivity contribution in [1.29, 1.82) is 0 Å². The molecule has 0 aliphatic rings. The highest BCUT2D eigenvalue weighted by molar-refractivity contribution is 7.17. The van der Waals surface area contributed by atoms with Crippen LogP contribution in [0.3, 0.4) is 0 Å². The highest BCUT2D eigenvalue weighted by atomic mass is 32.1. The van der Waals surface area contributed by atoms with E-state index in [9.17, 15) is 9.59 Å². The van der Waals surface area contributed by atoms with Crippen LogP contribution in [0.25, 0.3) is 10.2 Å². The molecule has 0 saturated heterocycles. The molecule has 0 radical (unpaired) electrons. The van der Waals surface area contributed by atoms with Gasteiger partial charge in [0, 0.05) is 26.7 Å². The third-order valence-electron chi connectivity index (χ3n) is 2.60. The van der Waals surface area contributed by atoms with Crippen molar-refractivity contribution in [2.45, 2.75) is 6.54 Å². The van der Waals surface area contributed by atoms with Crippen molar-refractivity contribution in [3.05, 3.63) is 32.3 Å². The van der Waals surface area contributed by atoms with Gasteiger partial charge in [-0.3, -0.25) is 14.3 Å². The number of methoxy groups -OCH3 is 1. The zero-order valence-corrected chi connectivity index (χ0v) is 10.9. The zero-order valence-electron chi connectivity index (χ0n) is 10.1. The fourth-order valence-electron chi connectivity index (χ4n) is 1.73. The third-order valence-corrected chi connectivity index (χ3v) is 3.50. The zero-order chi connectivity index (χ0) is 13.0. The van der Waals surface area contributed by atoms with Crippen molar-refractivity contribution in [1.82, 2.24) is 14.9 Å². The predicted molar refractivity (Wildman–Crippen MR) is 71.5 cm³/mol. The van der Waals surface area contributed by atoms with Gasteiger partial charge < -0.3 is 10.1 Å². The number of rotatable bonds is 6. The Morgan fingerprint density at radius 1 is 1.44 bits per heavy atom. The monoisotopic (exact) mass is 269 g/mol. The van der Waals surface area contributed by atoms with Crippen LogP contribution in [0.1, 0.15) is 0 Å². The number of hydrogen-bond donors (Lipinski definition) is 2. The van der Waals surface area contributed by atoms with E-state index in [0.29, 0.717) is 29.9 Å². The summed E-state index contributed by atoms with van der Waals surface area (Å²) in [7, 11) is 1.64. The molecule has 0 saturated carbocycles. The van der Waals surface area contributed by atoms with Crippen molar-refractivity contribution in [2.24, 2.45) is 0 Å². The van der Waals surface area contributed by atoms with Crippen LogP contribution in [0.15, 0.2) is 21.0 Å². The Labute approximate surface area is 107 Å². The molecular formula is C11H15N3O3S. The molecule has 7 heteroatoms. The number of hydrogen-bond acceptors (Lipinski definition) is 5. The first kappa shape index (κ1) is 13.0. The summed E-state index contributed by atoms with van der Waals surface area (Å²) in [6.45, 7) is 2.54. The SMILES string of the molecule is COCCNCCn1c(=O)[nH]c(=O)c2sccc21. The number of nitrogens with one attached hydrogen (secondary N) is 2. The summed E-state index contributed by atoms with van der Waals surface area (Å²) in [6.07, 6.45) is 0. The second kappa shape index (κ2) is 5.94. The molecule has 0 atom stereocenters. The van der Waals surface area contributed by atoms with Gasteiger partial charge in [0.2, 0.25) is 0 Å². The average molecular weight is 269 g/mol. The summed E-state index contributed by atoms with van der Waals surface area (Å²) < 4.78 is 7.08. The van der Waals surface area contributed by atoms with Gasteiger partial charge in [-0.2, -0.15) is 0 Å². The Morgan fingerprint density at radius 3 is 3.06 bits per heavy atom. The number of nitrogens with zero attached hydrogens (tertiary/aromatic N) is 1. The summed E-state index contributed by atoms with van der Waals surface area (Å²) in [5.41, 5.74) is 0.0234. The van der Waals surface area contributed by atoms with Crippen LogP contribution in [0.4, 0.5) is 0 Å². The van der Waals surface area contributed by atoms with E-state index in [1.807, 2.05) is 5.38 Å². The molecule has 0 aromatic carbocycles. The number of thiophene rings is 1. The van der Waals surface area contributed by atoms with Crippen LogP contribution in [0, 0.1) is 0 Å². The lowest BCUT2D eigenvalue weighted by atomic mass is 10.4. The molecule has 2 aromatic heterocycles. The fourth-order valence-corrected chi connectivity index (χ4v) is 2.52. The van der Waals surface area contributed by atoms with Crippen LogP contribution in [0.5, 0.6) is 0 Å². The van der Waals surface area contributed by atoms with Crippen LogP contribution >= 0.6 is 11.3 Å². The van der Waals surface area contributed by atoms with Gasteiger partial charge in [-0.1, -0.05) is 0 Å². The number of ether oxygens (including phenoxy) is 1.